The molecule has 12 heavy (non-hydrogen) atoms. The number of hydrogen-bond acceptors (Lipinski definition) is 2. The maximum atomic E-state index is 10.9. The van der Waals surface area contributed by atoms with E-state index in [0.29, 0.717) is 6.61 Å². The maximum absolute atomic E-state index is 10.9. The molecule has 2 heteroatoms. The predicted molar refractivity (Wildman–Crippen MR) is 47.7 cm³/mol. The minimum atomic E-state index is -0.245. The van der Waals surface area contributed by atoms with E-state index in [-0.39, 0.29) is 5.97 Å². The van der Waals surface area contributed by atoms with Gasteiger partial charge in [-0.2, -0.15) is 0 Å². The van der Waals surface area contributed by atoms with Crippen molar-refractivity contribution in [3.05, 3.63) is 23.8 Å². The molecule has 0 fully saturated rings. The van der Waals surface area contributed by atoms with Gasteiger partial charge in [0, 0.05) is 6.08 Å². The van der Waals surface area contributed by atoms with Crippen LogP contribution in [0.15, 0.2) is 23.8 Å². The Morgan fingerprint density at radius 3 is 3.17 bits per heavy atom. The van der Waals surface area contributed by atoms with E-state index in [1.165, 1.54) is 18.1 Å². The molecule has 0 aromatic rings. The van der Waals surface area contributed by atoms with Crippen LogP contribution in [0.5, 0.6) is 0 Å². The van der Waals surface area contributed by atoms with Gasteiger partial charge in [0.2, 0.25) is 0 Å². The van der Waals surface area contributed by atoms with Crippen molar-refractivity contribution in [2.75, 3.05) is 6.61 Å². The highest BCUT2D eigenvalue weighted by molar-refractivity contribution is 5.82. The minimum Gasteiger partial charge on any atom is -0.463 e. The first-order chi connectivity index (χ1) is 5.83. The summed E-state index contributed by atoms with van der Waals surface area (Å²) >= 11 is 0. The third-order valence-electron chi connectivity index (χ3n) is 1.80. The molecule has 0 radical (unpaired) electrons. The zero-order valence-corrected chi connectivity index (χ0v) is 7.38. The largest absolute Gasteiger partial charge is 0.463 e. The predicted octanol–water partition coefficient (Wildman–Crippen LogP) is 2.22. The van der Waals surface area contributed by atoms with Gasteiger partial charge in [-0.05, 0) is 26.2 Å². The van der Waals surface area contributed by atoms with Gasteiger partial charge in [0.25, 0.3) is 0 Å². The van der Waals surface area contributed by atoms with Gasteiger partial charge >= 0.3 is 5.97 Å². The second-order valence-corrected chi connectivity index (χ2v) is 2.76. The molecule has 66 valence electrons. The Hall–Kier alpha value is -1.05. The average Bonchev–Trinajstić information content (AvgIpc) is 2.53. The van der Waals surface area contributed by atoms with Crippen LogP contribution in [0.25, 0.3) is 0 Å². The summed E-state index contributed by atoms with van der Waals surface area (Å²) in [6.45, 7) is 2.25. The SMILES string of the molecule is CCOC(=O)C=CC1=CCCC1. The van der Waals surface area contributed by atoms with Crippen LogP contribution in [-0.4, -0.2) is 12.6 Å². The lowest BCUT2D eigenvalue weighted by atomic mass is 10.2. The van der Waals surface area contributed by atoms with Gasteiger partial charge in [0.1, 0.15) is 0 Å². The molecule has 0 heterocycles. The molecule has 0 bridgehead atoms. The van der Waals surface area contributed by atoms with Crippen LogP contribution in [0, 0.1) is 0 Å². The molecule has 0 aromatic carbocycles. The summed E-state index contributed by atoms with van der Waals surface area (Å²) in [5, 5.41) is 0. The van der Waals surface area contributed by atoms with Crippen LogP contribution >= 0.6 is 0 Å². The van der Waals surface area contributed by atoms with Crippen LogP contribution in [0.4, 0.5) is 0 Å². The Kier molecular flexibility index (Phi) is 3.58. The molecule has 0 aliphatic heterocycles. The van der Waals surface area contributed by atoms with E-state index in [4.69, 9.17) is 4.74 Å². The normalized spacial score (nSPS) is 16.6. The topological polar surface area (TPSA) is 26.3 Å². The molecule has 0 unspecified atom stereocenters. The van der Waals surface area contributed by atoms with Crippen molar-refractivity contribution in [2.45, 2.75) is 26.2 Å². The summed E-state index contributed by atoms with van der Waals surface area (Å²) in [5.74, 6) is -0.245. The zero-order chi connectivity index (χ0) is 8.81. The molecule has 0 saturated carbocycles. The summed E-state index contributed by atoms with van der Waals surface area (Å²) in [4.78, 5) is 10.9. The van der Waals surface area contributed by atoms with E-state index in [2.05, 4.69) is 6.08 Å². The fraction of sp³-hybridized carbons (Fsp3) is 0.500. The Morgan fingerprint density at radius 1 is 1.75 bits per heavy atom. The fourth-order valence-corrected chi connectivity index (χ4v) is 1.21. The highest BCUT2D eigenvalue weighted by Gasteiger charge is 2.01. The van der Waals surface area contributed by atoms with E-state index in [9.17, 15) is 4.79 Å². The molecule has 0 atom stereocenters. The molecule has 0 spiro atoms. The third-order valence-corrected chi connectivity index (χ3v) is 1.80. The minimum absolute atomic E-state index is 0.245. The quantitative estimate of drug-likeness (QED) is 0.474. The maximum Gasteiger partial charge on any atom is 0.330 e. The summed E-state index contributed by atoms with van der Waals surface area (Å²) in [6.07, 6.45) is 8.96. The molecule has 1 aliphatic carbocycles. The van der Waals surface area contributed by atoms with Crippen LogP contribution in [0.3, 0.4) is 0 Å². The number of carbonyl (C=O) groups is 1. The number of ether oxygens (including phenoxy) is 1. The smallest absolute Gasteiger partial charge is 0.330 e. The van der Waals surface area contributed by atoms with Crippen LogP contribution < -0.4 is 0 Å². The summed E-state index contributed by atoms with van der Waals surface area (Å²) in [5.41, 5.74) is 1.25. The van der Waals surface area contributed by atoms with E-state index < -0.39 is 0 Å². The summed E-state index contributed by atoms with van der Waals surface area (Å²) < 4.78 is 4.75. The fourth-order valence-electron chi connectivity index (χ4n) is 1.21. The van der Waals surface area contributed by atoms with Gasteiger partial charge in [-0.3, -0.25) is 0 Å². The van der Waals surface area contributed by atoms with Crippen molar-refractivity contribution in [3.8, 4) is 0 Å². The monoisotopic (exact) mass is 166 g/mol. The van der Waals surface area contributed by atoms with Crippen molar-refractivity contribution < 1.29 is 9.53 Å². The van der Waals surface area contributed by atoms with Gasteiger partial charge in [-0.1, -0.05) is 17.7 Å². The molecule has 0 N–H and O–H groups in total. The van der Waals surface area contributed by atoms with E-state index >= 15 is 0 Å². The molecule has 0 aromatic heterocycles. The average molecular weight is 166 g/mol. The van der Waals surface area contributed by atoms with Crippen molar-refractivity contribution in [1.29, 1.82) is 0 Å². The van der Waals surface area contributed by atoms with Gasteiger partial charge in [0.05, 0.1) is 6.61 Å². The summed E-state index contributed by atoms with van der Waals surface area (Å²) in [7, 11) is 0. The Balaban J connectivity index is 2.33. The van der Waals surface area contributed by atoms with Crippen molar-refractivity contribution >= 4 is 5.97 Å². The molecule has 2 nitrogen and oxygen atoms in total. The number of esters is 1. The van der Waals surface area contributed by atoms with Crippen molar-refractivity contribution in [3.63, 3.8) is 0 Å². The Bertz CT molecular complexity index is 214. The number of allylic oxidation sites excluding steroid dienone is 3. The Labute approximate surface area is 72.9 Å². The number of carbonyl (C=O) groups excluding carboxylic acids is 1. The zero-order valence-electron chi connectivity index (χ0n) is 7.38. The van der Waals surface area contributed by atoms with Crippen LogP contribution in [0.2, 0.25) is 0 Å². The highest BCUT2D eigenvalue weighted by Crippen LogP contribution is 2.18. The van der Waals surface area contributed by atoms with Gasteiger partial charge < -0.3 is 4.74 Å². The lowest BCUT2D eigenvalue weighted by molar-refractivity contribution is -0.137. The molecule has 0 amide bonds. The lowest BCUT2D eigenvalue weighted by Crippen LogP contribution is -1.98. The first kappa shape index (κ1) is 9.04. The lowest BCUT2D eigenvalue weighted by Gasteiger charge is -1.94. The standard InChI is InChI=1S/C10H14O2/c1-2-12-10(11)8-7-9-5-3-4-6-9/h5,7-8H,2-4,6H2,1H3. The van der Waals surface area contributed by atoms with E-state index in [0.717, 1.165) is 12.8 Å². The second-order valence-electron chi connectivity index (χ2n) is 2.76. The second kappa shape index (κ2) is 4.75. The summed E-state index contributed by atoms with van der Waals surface area (Å²) in [6, 6.07) is 0. The molecular formula is C10H14O2. The molecule has 1 aliphatic rings. The first-order valence-electron chi connectivity index (χ1n) is 4.37. The van der Waals surface area contributed by atoms with Gasteiger partial charge in [-0.25, -0.2) is 4.79 Å². The molecule has 0 saturated heterocycles. The Morgan fingerprint density at radius 2 is 2.58 bits per heavy atom. The number of hydrogen-bond donors (Lipinski definition) is 0. The van der Waals surface area contributed by atoms with E-state index in [1.807, 2.05) is 6.08 Å². The van der Waals surface area contributed by atoms with Gasteiger partial charge in [-0.15, -0.1) is 0 Å². The third kappa shape index (κ3) is 2.91. The van der Waals surface area contributed by atoms with Crippen molar-refractivity contribution in [1.82, 2.24) is 0 Å². The van der Waals surface area contributed by atoms with Crippen LogP contribution in [0.1, 0.15) is 26.2 Å². The van der Waals surface area contributed by atoms with Crippen LogP contribution in [-0.2, 0) is 9.53 Å². The first-order valence-corrected chi connectivity index (χ1v) is 4.37. The molecule has 1 rings (SSSR count). The van der Waals surface area contributed by atoms with Crippen molar-refractivity contribution in [2.24, 2.45) is 0 Å². The van der Waals surface area contributed by atoms with E-state index in [1.54, 1.807) is 6.92 Å². The highest BCUT2D eigenvalue weighted by atomic mass is 16.5. The molecular weight excluding hydrogens is 152 g/mol. The number of rotatable bonds is 3. The van der Waals surface area contributed by atoms with Gasteiger partial charge in [0.15, 0.2) is 0 Å².